The molecule has 0 aliphatic carbocycles. The van der Waals surface area contributed by atoms with Crippen LogP contribution in [0.25, 0.3) is 11.3 Å². The second-order valence-electron chi connectivity index (χ2n) is 6.79. The Labute approximate surface area is 199 Å². The highest BCUT2D eigenvalue weighted by molar-refractivity contribution is 6.27. The molecular weight excluding hydrogens is 464 g/mol. The van der Waals surface area contributed by atoms with Gasteiger partial charge in [0.15, 0.2) is 11.5 Å². The molecule has 0 aliphatic heterocycles. The van der Waals surface area contributed by atoms with E-state index in [1.54, 1.807) is 33.6 Å². The number of carboxylic acids is 2. The van der Waals surface area contributed by atoms with Crippen molar-refractivity contribution in [3.63, 3.8) is 0 Å². The first kappa shape index (κ1) is 26.4. The highest BCUT2D eigenvalue weighted by Gasteiger charge is 2.17. The summed E-state index contributed by atoms with van der Waals surface area (Å²) in [7, 11) is 6.54. The summed E-state index contributed by atoms with van der Waals surface area (Å²) < 4.78 is 18.1. The fourth-order valence-electron chi connectivity index (χ4n) is 3.10. The summed E-state index contributed by atoms with van der Waals surface area (Å²) in [6, 6.07) is 10.1. The van der Waals surface area contributed by atoms with Gasteiger partial charge in [-0.1, -0.05) is 12.1 Å². The minimum atomic E-state index is -1.82. The van der Waals surface area contributed by atoms with Crippen molar-refractivity contribution in [2.45, 2.75) is 6.54 Å². The molecule has 13 heteroatoms. The van der Waals surface area contributed by atoms with Gasteiger partial charge in [-0.15, -0.1) is 0 Å². The Morgan fingerprint density at radius 1 is 1.06 bits per heavy atom. The number of rotatable bonds is 8. The molecule has 3 rings (SSSR count). The number of benzene rings is 2. The molecule has 0 bridgehead atoms. The van der Waals surface area contributed by atoms with E-state index in [-0.39, 0.29) is 5.69 Å². The van der Waals surface area contributed by atoms with Gasteiger partial charge in [0.05, 0.1) is 38.1 Å². The SMILES string of the molecule is COc1ccc(CNc2ncc(-c3cccc([N+](=O)[O-])c3)n2C)c(OC)c1OC.O=C(O)C(=O)O. The number of nitrogens with zero attached hydrogens (tertiary/aromatic N) is 3. The largest absolute Gasteiger partial charge is 0.493 e. The molecule has 186 valence electrons. The number of hydrogen-bond acceptors (Lipinski definition) is 9. The molecule has 0 saturated carbocycles. The zero-order chi connectivity index (χ0) is 26.1. The Bertz CT molecular complexity index is 1210. The standard InChI is InChI=1S/C20H22N4O5.C2H2O4/c1-23-16(13-6-5-7-15(10-13)24(25)26)12-22-20(23)21-11-14-8-9-17(27-2)19(29-4)18(14)28-3;3-1(4)2(5)6/h5-10,12H,11H2,1-4H3,(H,21,22);(H,3,4)(H,5,6). The quantitative estimate of drug-likeness (QED) is 0.241. The minimum absolute atomic E-state index is 0.0354. The van der Waals surface area contributed by atoms with Crippen LogP contribution < -0.4 is 19.5 Å². The van der Waals surface area contributed by atoms with E-state index in [0.717, 1.165) is 11.3 Å². The first-order valence-corrected chi connectivity index (χ1v) is 9.89. The van der Waals surface area contributed by atoms with Gasteiger partial charge in [-0.05, 0) is 12.1 Å². The maximum Gasteiger partial charge on any atom is 0.414 e. The smallest absolute Gasteiger partial charge is 0.414 e. The van der Waals surface area contributed by atoms with Crippen LogP contribution in [0.1, 0.15) is 5.56 Å². The van der Waals surface area contributed by atoms with Crippen molar-refractivity contribution in [1.82, 2.24) is 9.55 Å². The van der Waals surface area contributed by atoms with Crippen LogP contribution in [-0.2, 0) is 23.2 Å². The third kappa shape index (κ3) is 6.37. The molecule has 0 fully saturated rings. The second-order valence-corrected chi connectivity index (χ2v) is 6.79. The van der Waals surface area contributed by atoms with Gasteiger partial charge in [0.25, 0.3) is 5.69 Å². The molecule has 0 amide bonds. The summed E-state index contributed by atoms with van der Waals surface area (Å²) >= 11 is 0. The Hall–Kier alpha value is -4.81. The molecule has 1 heterocycles. The molecule has 0 radical (unpaired) electrons. The molecule has 3 aromatic rings. The molecule has 13 nitrogen and oxygen atoms in total. The fraction of sp³-hybridized carbons (Fsp3) is 0.227. The van der Waals surface area contributed by atoms with E-state index >= 15 is 0 Å². The van der Waals surface area contributed by atoms with Gasteiger partial charge in [0.2, 0.25) is 11.7 Å². The van der Waals surface area contributed by atoms with Crippen LogP contribution >= 0.6 is 0 Å². The molecule has 1 aromatic heterocycles. The Kier molecular flexibility index (Phi) is 8.97. The lowest BCUT2D eigenvalue weighted by molar-refractivity contribution is -0.384. The van der Waals surface area contributed by atoms with Gasteiger partial charge >= 0.3 is 11.9 Å². The van der Waals surface area contributed by atoms with Crippen LogP contribution in [0.5, 0.6) is 17.2 Å². The molecule has 0 unspecified atom stereocenters. The van der Waals surface area contributed by atoms with E-state index in [1.807, 2.05) is 29.8 Å². The van der Waals surface area contributed by atoms with Crippen LogP contribution in [0.4, 0.5) is 11.6 Å². The molecule has 0 saturated heterocycles. The van der Waals surface area contributed by atoms with Gasteiger partial charge in [-0.25, -0.2) is 14.6 Å². The average molecular weight is 488 g/mol. The van der Waals surface area contributed by atoms with Gasteiger partial charge in [-0.3, -0.25) is 10.1 Å². The van der Waals surface area contributed by atoms with Crippen molar-refractivity contribution >= 4 is 23.6 Å². The highest BCUT2D eigenvalue weighted by atomic mass is 16.6. The second kappa shape index (κ2) is 11.9. The lowest BCUT2D eigenvalue weighted by atomic mass is 10.1. The van der Waals surface area contributed by atoms with Crippen LogP contribution in [-0.4, -0.2) is 58.0 Å². The van der Waals surface area contributed by atoms with Crippen molar-refractivity contribution in [2.24, 2.45) is 7.05 Å². The van der Waals surface area contributed by atoms with Crippen LogP contribution in [0.15, 0.2) is 42.6 Å². The summed E-state index contributed by atoms with van der Waals surface area (Å²) in [4.78, 5) is 33.2. The number of methoxy groups -OCH3 is 3. The van der Waals surface area contributed by atoms with E-state index in [2.05, 4.69) is 10.3 Å². The molecular formula is C22H24N4O9. The van der Waals surface area contributed by atoms with E-state index in [9.17, 15) is 10.1 Å². The monoisotopic (exact) mass is 488 g/mol. The predicted molar refractivity (Wildman–Crippen MR) is 124 cm³/mol. The Morgan fingerprint density at radius 3 is 2.26 bits per heavy atom. The van der Waals surface area contributed by atoms with Crippen molar-refractivity contribution in [1.29, 1.82) is 0 Å². The Morgan fingerprint density at radius 2 is 1.71 bits per heavy atom. The number of nitro benzene ring substituents is 1. The van der Waals surface area contributed by atoms with E-state index in [0.29, 0.717) is 35.3 Å². The molecule has 35 heavy (non-hydrogen) atoms. The topological polar surface area (TPSA) is 175 Å². The van der Waals surface area contributed by atoms with Crippen molar-refractivity contribution in [3.05, 3.63) is 58.3 Å². The van der Waals surface area contributed by atoms with E-state index < -0.39 is 16.9 Å². The van der Waals surface area contributed by atoms with Crippen molar-refractivity contribution in [3.8, 4) is 28.5 Å². The first-order valence-electron chi connectivity index (χ1n) is 9.89. The fourth-order valence-corrected chi connectivity index (χ4v) is 3.10. The van der Waals surface area contributed by atoms with Crippen LogP contribution in [0.2, 0.25) is 0 Å². The predicted octanol–water partition coefficient (Wildman–Crippen LogP) is 2.79. The van der Waals surface area contributed by atoms with Crippen molar-refractivity contribution in [2.75, 3.05) is 26.6 Å². The number of nitro groups is 1. The van der Waals surface area contributed by atoms with E-state index in [1.165, 1.54) is 12.1 Å². The number of imidazole rings is 1. The summed E-state index contributed by atoms with van der Waals surface area (Å²) in [5, 5.41) is 29.1. The average Bonchev–Trinajstić information content (AvgIpc) is 3.22. The van der Waals surface area contributed by atoms with Crippen LogP contribution in [0.3, 0.4) is 0 Å². The van der Waals surface area contributed by atoms with Crippen LogP contribution in [0, 0.1) is 10.1 Å². The van der Waals surface area contributed by atoms with E-state index in [4.69, 9.17) is 34.0 Å². The summed E-state index contributed by atoms with van der Waals surface area (Å²) in [5.74, 6) is -1.36. The first-order chi connectivity index (χ1) is 16.6. The summed E-state index contributed by atoms with van der Waals surface area (Å²) in [6.07, 6.45) is 1.67. The lowest BCUT2D eigenvalue weighted by Gasteiger charge is -2.16. The number of anilines is 1. The van der Waals surface area contributed by atoms with Gasteiger partial charge in [0.1, 0.15) is 0 Å². The summed E-state index contributed by atoms with van der Waals surface area (Å²) in [5.41, 5.74) is 2.37. The van der Waals surface area contributed by atoms with Crippen molar-refractivity contribution < 1.29 is 38.9 Å². The maximum absolute atomic E-state index is 11.0. The number of aliphatic carboxylic acids is 2. The molecule has 2 aromatic carbocycles. The summed E-state index contributed by atoms with van der Waals surface area (Å²) in [6.45, 7) is 0.433. The number of non-ortho nitro benzene ring substituents is 1. The number of hydrogen-bond donors (Lipinski definition) is 3. The third-order valence-corrected chi connectivity index (χ3v) is 4.75. The molecule has 0 atom stereocenters. The lowest BCUT2D eigenvalue weighted by Crippen LogP contribution is -2.09. The zero-order valence-electron chi connectivity index (χ0n) is 19.3. The number of carbonyl (C=O) groups is 2. The third-order valence-electron chi connectivity index (χ3n) is 4.75. The van der Waals surface area contributed by atoms with Gasteiger partial charge in [0, 0.05) is 36.9 Å². The normalized spacial score (nSPS) is 9.94. The minimum Gasteiger partial charge on any atom is -0.493 e. The number of carboxylic acid groups (broad SMARTS) is 2. The van der Waals surface area contributed by atoms with Gasteiger partial charge in [-0.2, -0.15) is 0 Å². The Balaban J connectivity index is 0.000000641. The number of ether oxygens (including phenoxy) is 3. The maximum atomic E-state index is 11.0. The number of aromatic nitrogens is 2. The van der Waals surface area contributed by atoms with Gasteiger partial charge < -0.3 is 34.3 Å². The molecule has 0 aliphatic rings. The number of nitrogens with one attached hydrogen (secondary N) is 1. The molecule has 3 N–H and O–H groups in total. The zero-order valence-corrected chi connectivity index (χ0v) is 19.3. The molecule has 0 spiro atoms. The highest BCUT2D eigenvalue weighted by Crippen LogP contribution is 2.40.